The molecule has 0 bridgehead atoms. The maximum absolute atomic E-state index is 11.8. The molecule has 1 fully saturated rings. The van der Waals surface area contributed by atoms with Crippen LogP contribution >= 0.6 is 0 Å². The first-order chi connectivity index (χ1) is 7.85. The van der Waals surface area contributed by atoms with Crippen molar-refractivity contribution < 1.29 is 14.7 Å². The highest BCUT2D eigenvalue weighted by atomic mass is 16.3. The fraction of sp³-hybridized carbons (Fsp3) is 0.692. The number of allylic oxidation sites excluding steroid dienone is 1. The van der Waals surface area contributed by atoms with Crippen molar-refractivity contribution in [3.05, 3.63) is 11.6 Å². The number of rotatable bonds is 4. The Morgan fingerprint density at radius 2 is 1.88 bits per heavy atom. The number of carbonyl (C=O) groups is 2. The van der Waals surface area contributed by atoms with Crippen molar-refractivity contribution in [2.24, 2.45) is 5.41 Å². The summed E-state index contributed by atoms with van der Waals surface area (Å²) in [6, 6.07) is -0.0305. The third kappa shape index (κ3) is 4.06. The van der Waals surface area contributed by atoms with Gasteiger partial charge in [0.05, 0.1) is 12.2 Å². The fourth-order valence-corrected chi connectivity index (χ4v) is 1.93. The second-order valence-electron chi connectivity index (χ2n) is 5.47. The van der Waals surface area contributed by atoms with Crippen LogP contribution in [0.4, 0.5) is 0 Å². The Labute approximate surface area is 102 Å². The third-order valence-corrected chi connectivity index (χ3v) is 2.93. The van der Waals surface area contributed by atoms with E-state index in [0.29, 0.717) is 25.0 Å². The lowest BCUT2D eigenvalue weighted by Gasteiger charge is -2.28. The number of Topliss-reactive ketones (excluding diaryl/α,β-unsaturated/α-hetero) is 2. The zero-order valence-corrected chi connectivity index (χ0v) is 10.7. The molecule has 0 amide bonds. The number of nitrogens with one attached hydrogen (secondary N) is 1. The molecule has 0 aromatic carbocycles. The minimum atomic E-state index is -0.211. The van der Waals surface area contributed by atoms with Gasteiger partial charge in [-0.3, -0.25) is 9.59 Å². The van der Waals surface area contributed by atoms with Crippen LogP contribution in [0.3, 0.4) is 0 Å². The first kappa shape index (κ1) is 14.1. The smallest absolute Gasteiger partial charge is 0.166 e. The topological polar surface area (TPSA) is 66.4 Å². The Hall–Kier alpha value is -1.00. The van der Waals surface area contributed by atoms with Crippen molar-refractivity contribution in [3.63, 3.8) is 0 Å². The molecule has 1 rings (SSSR count). The van der Waals surface area contributed by atoms with Crippen LogP contribution in [-0.4, -0.2) is 35.9 Å². The summed E-state index contributed by atoms with van der Waals surface area (Å²) in [6.45, 7) is 6.19. The van der Waals surface area contributed by atoms with Crippen LogP contribution in [0.1, 0.15) is 33.6 Å². The summed E-state index contributed by atoms with van der Waals surface area (Å²) in [6.07, 6.45) is 2.51. The van der Waals surface area contributed by atoms with Crippen molar-refractivity contribution in [2.45, 2.75) is 39.7 Å². The molecule has 0 saturated heterocycles. The predicted octanol–water partition coefficient (Wildman–Crippen LogP) is 0.841. The summed E-state index contributed by atoms with van der Waals surface area (Å²) in [4.78, 5) is 23.6. The van der Waals surface area contributed by atoms with Crippen molar-refractivity contribution in [1.82, 2.24) is 5.32 Å². The molecule has 4 heteroatoms. The molecular weight excluding hydrogens is 218 g/mol. The van der Waals surface area contributed by atoms with Crippen LogP contribution in [0.2, 0.25) is 0 Å². The molecule has 0 radical (unpaired) electrons. The number of ketones is 2. The molecule has 1 saturated carbocycles. The Morgan fingerprint density at radius 3 is 2.35 bits per heavy atom. The highest BCUT2D eigenvalue weighted by Gasteiger charge is 2.35. The van der Waals surface area contributed by atoms with Gasteiger partial charge in [0.25, 0.3) is 0 Å². The van der Waals surface area contributed by atoms with Gasteiger partial charge in [-0.25, -0.2) is 0 Å². The van der Waals surface area contributed by atoms with E-state index in [1.54, 1.807) is 6.08 Å². The minimum Gasteiger partial charge on any atom is -0.395 e. The SMILES string of the molecule is CC(CO)NCC=C1C(=O)CC(C)(C)CC1=O. The second kappa shape index (κ2) is 5.56. The van der Waals surface area contributed by atoms with E-state index in [0.717, 1.165) is 0 Å². The predicted molar refractivity (Wildman–Crippen MR) is 65.7 cm³/mol. The quantitative estimate of drug-likeness (QED) is 0.563. The first-order valence-corrected chi connectivity index (χ1v) is 5.96. The summed E-state index contributed by atoms with van der Waals surface area (Å²) in [5, 5.41) is 11.8. The zero-order chi connectivity index (χ0) is 13.1. The number of hydrogen-bond donors (Lipinski definition) is 2. The van der Waals surface area contributed by atoms with E-state index in [9.17, 15) is 9.59 Å². The van der Waals surface area contributed by atoms with E-state index in [-0.39, 0.29) is 29.6 Å². The Bertz CT molecular complexity index is 323. The van der Waals surface area contributed by atoms with E-state index in [4.69, 9.17) is 5.11 Å². The average Bonchev–Trinajstić information content (AvgIpc) is 2.20. The maximum atomic E-state index is 11.8. The van der Waals surface area contributed by atoms with Gasteiger partial charge in [0.1, 0.15) is 0 Å². The maximum Gasteiger partial charge on any atom is 0.166 e. The number of carbonyl (C=O) groups excluding carboxylic acids is 2. The van der Waals surface area contributed by atoms with Crippen LogP contribution in [0.15, 0.2) is 11.6 Å². The molecule has 0 aliphatic heterocycles. The van der Waals surface area contributed by atoms with Crippen LogP contribution in [0.5, 0.6) is 0 Å². The molecule has 1 atom stereocenters. The summed E-state index contributed by atoms with van der Waals surface area (Å²) in [5.41, 5.74) is 0.110. The van der Waals surface area contributed by atoms with Gasteiger partial charge in [-0.2, -0.15) is 0 Å². The summed E-state index contributed by atoms with van der Waals surface area (Å²) in [7, 11) is 0. The molecule has 1 aliphatic rings. The van der Waals surface area contributed by atoms with E-state index in [1.807, 2.05) is 20.8 Å². The first-order valence-electron chi connectivity index (χ1n) is 5.96. The molecule has 2 N–H and O–H groups in total. The standard InChI is InChI=1S/C13H21NO3/c1-9(8-15)14-5-4-10-11(16)6-13(2,3)7-12(10)17/h4,9,14-15H,5-8H2,1-3H3. The van der Waals surface area contributed by atoms with Gasteiger partial charge >= 0.3 is 0 Å². The number of aliphatic hydroxyl groups is 1. The highest BCUT2D eigenvalue weighted by Crippen LogP contribution is 2.33. The average molecular weight is 239 g/mol. The van der Waals surface area contributed by atoms with E-state index in [2.05, 4.69) is 5.32 Å². The van der Waals surface area contributed by atoms with Gasteiger partial charge in [-0.15, -0.1) is 0 Å². The van der Waals surface area contributed by atoms with E-state index >= 15 is 0 Å². The fourth-order valence-electron chi connectivity index (χ4n) is 1.93. The summed E-state index contributed by atoms with van der Waals surface area (Å²) in [5.74, 6) is -0.130. The number of aliphatic hydroxyl groups excluding tert-OH is 1. The molecule has 4 nitrogen and oxygen atoms in total. The van der Waals surface area contributed by atoms with Crippen molar-refractivity contribution in [2.75, 3.05) is 13.2 Å². The molecule has 0 spiro atoms. The molecule has 1 unspecified atom stereocenters. The Morgan fingerprint density at radius 1 is 1.35 bits per heavy atom. The van der Waals surface area contributed by atoms with E-state index < -0.39 is 0 Å². The largest absolute Gasteiger partial charge is 0.395 e. The van der Waals surface area contributed by atoms with E-state index in [1.165, 1.54) is 0 Å². The molecule has 1 aliphatic carbocycles. The monoisotopic (exact) mass is 239 g/mol. The minimum absolute atomic E-state index is 0.0305. The van der Waals surface area contributed by atoms with Gasteiger partial charge in [0.15, 0.2) is 11.6 Å². The lowest BCUT2D eigenvalue weighted by Crippen LogP contribution is -2.33. The Balaban J connectivity index is 2.62. The van der Waals surface area contributed by atoms with Gasteiger partial charge < -0.3 is 10.4 Å². The van der Waals surface area contributed by atoms with Gasteiger partial charge in [-0.05, 0) is 12.3 Å². The summed E-state index contributed by atoms with van der Waals surface area (Å²) < 4.78 is 0. The molecule has 0 heterocycles. The zero-order valence-electron chi connectivity index (χ0n) is 10.7. The number of hydrogen-bond acceptors (Lipinski definition) is 4. The van der Waals surface area contributed by atoms with Crippen LogP contribution in [0.25, 0.3) is 0 Å². The van der Waals surface area contributed by atoms with Gasteiger partial charge in [0, 0.05) is 25.4 Å². The molecular formula is C13H21NO3. The van der Waals surface area contributed by atoms with Crippen molar-refractivity contribution in [3.8, 4) is 0 Å². The van der Waals surface area contributed by atoms with Gasteiger partial charge in [0.2, 0.25) is 0 Å². The summed E-state index contributed by atoms with van der Waals surface area (Å²) >= 11 is 0. The van der Waals surface area contributed by atoms with Crippen LogP contribution in [0, 0.1) is 5.41 Å². The molecule has 17 heavy (non-hydrogen) atoms. The second-order valence-corrected chi connectivity index (χ2v) is 5.47. The lowest BCUT2D eigenvalue weighted by molar-refractivity contribution is -0.127. The van der Waals surface area contributed by atoms with Crippen molar-refractivity contribution in [1.29, 1.82) is 0 Å². The van der Waals surface area contributed by atoms with Crippen LogP contribution in [-0.2, 0) is 9.59 Å². The van der Waals surface area contributed by atoms with Crippen LogP contribution < -0.4 is 5.32 Å². The highest BCUT2D eigenvalue weighted by molar-refractivity contribution is 6.22. The van der Waals surface area contributed by atoms with Crippen molar-refractivity contribution >= 4 is 11.6 Å². The lowest BCUT2D eigenvalue weighted by atomic mass is 9.74. The molecule has 96 valence electrons. The Kier molecular flexibility index (Phi) is 4.60. The normalized spacial score (nSPS) is 21.5. The van der Waals surface area contributed by atoms with Gasteiger partial charge in [-0.1, -0.05) is 19.9 Å². The molecule has 0 aromatic rings. The third-order valence-electron chi connectivity index (χ3n) is 2.93. The molecule has 0 aromatic heterocycles.